The fourth-order valence-corrected chi connectivity index (χ4v) is 5.72. The van der Waals surface area contributed by atoms with E-state index in [2.05, 4.69) is 20.9 Å². The lowest BCUT2D eigenvalue weighted by atomic mass is 9.77. The summed E-state index contributed by atoms with van der Waals surface area (Å²) in [7, 11) is 0. The second kappa shape index (κ2) is 12.0. The zero-order valence-electron chi connectivity index (χ0n) is 23.1. The maximum Gasteiger partial charge on any atom is 0.389 e. The largest absolute Gasteiger partial charge is 0.389 e. The maximum absolute atomic E-state index is 14.0. The molecule has 42 heavy (non-hydrogen) atoms. The molecule has 2 fully saturated rings. The average Bonchev–Trinajstić information content (AvgIpc) is 3.55. The molecule has 2 saturated carbocycles. The Morgan fingerprint density at radius 3 is 2.48 bits per heavy atom. The van der Waals surface area contributed by atoms with E-state index in [1.807, 2.05) is 6.92 Å². The highest BCUT2D eigenvalue weighted by Crippen LogP contribution is 2.42. The molecule has 0 saturated heterocycles. The van der Waals surface area contributed by atoms with Crippen LogP contribution in [-0.4, -0.2) is 43.7 Å². The van der Waals surface area contributed by atoms with Gasteiger partial charge in [-0.3, -0.25) is 9.59 Å². The maximum atomic E-state index is 14.0. The SMILES string of the molecule is CCc1nocc1C(=O)N[C@H](c1cn2ncc(C(NC(=O)CCC(F)(F)F)C3CCC3)cc2n1)C1CCC(F)(F)CC1. The Kier molecular flexibility index (Phi) is 8.51. The zero-order valence-corrected chi connectivity index (χ0v) is 23.1. The minimum atomic E-state index is -4.43. The number of halogens is 5. The van der Waals surface area contributed by atoms with E-state index >= 15 is 0 Å². The summed E-state index contributed by atoms with van der Waals surface area (Å²) in [5.74, 6) is -4.15. The lowest BCUT2D eigenvalue weighted by Gasteiger charge is -2.34. The highest BCUT2D eigenvalue weighted by molar-refractivity contribution is 5.95. The minimum Gasteiger partial charge on any atom is -0.364 e. The molecule has 9 nitrogen and oxygen atoms in total. The summed E-state index contributed by atoms with van der Waals surface area (Å²) in [4.78, 5) is 30.3. The van der Waals surface area contributed by atoms with Gasteiger partial charge in [-0.2, -0.15) is 18.3 Å². The topological polar surface area (TPSA) is 114 Å². The number of amides is 2. The van der Waals surface area contributed by atoms with E-state index < -0.39 is 48.8 Å². The highest BCUT2D eigenvalue weighted by atomic mass is 19.4. The highest BCUT2D eigenvalue weighted by Gasteiger charge is 2.40. The second-order valence-electron chi connectivity index (χ2n) is 11.3. The van der Waals surface area contributed by atoms with Crippen molar-refractivity contribution >= 4 is 17.5 Å². The molecule has 14 heteroatoms. The van der Waals surface area contributed by atoms with Gasteiger partial charge in [0.15, 0.2) is 5.65 Å². The predicted octanol–water partition coefficient (Wildman–Crippen LogP) is 5.88. The van der Waals surface area contributed by atoms with Crippen molar-refractivity contribution in [2.75, 3.05) is 0 Å². The average molecular weight is 597 g/mol. The number of imidazole rings is 1. The van der Waals surface area contributed by atoms with Gasteiger partial charge in [0, 0.05) is 19.3 Å². The van der Waals surface area contributed by atoms with Gasteiger partial charge in [-0.05, 0) is 55.6 Å². The molecule has 2 N–H and O–H groups in total. The van der Waals surface area contributed by atoms with Crippen LogP contribution in [0, 0.1) is 11.8 Å². The molecule has 2 amide bonds. The third-order valence-electron chi connectivity index (χ3n) is 8.35. The zero-order chi connectivity index (χ0) is 30.1. The van der Waals surface area contributed by atoms with Crippen molar-refractivity contribution in [1.29, 1.82) is 0 Å². The van der Waals surface area contributed by atoms with Crippen molar-refractivity contribution in [3.8, 4) is 0 Å². The third kappa shape index (κ3) is 6.89. The number of aryl methyl sites for hydroxylation is 1. The summed E-state index contributed by atoms with van der Waals surface area (Å²) < 4.78 is 72.4. The quantitative estimate of drug-likeness (QED) is 0.283. The molecule has 0 radical (unpaired) electrons. The molecule has 2 aliphatic carbocycles. The standard InChI is InChI=1S/C28H33F5N6O3/c1-2-20-19(15-42-38-20)26(41)37-25(17-6-9-27(29,30)10-7-17)21-14-39-22(35-21)12-18(13-34-39)24(16-4-3-5-16)36-23(40)8-11-28(31,32)33/h12-17,24-25H,2-11H2,1H3,(H,36,40)(H,37,41)/t24?,25-/m0/s1. The first kappa shape index (κ1) is 29.9. The van der Waals surface area contributed by atoms with Crippen LogP contribution in [0.25, 0.3) is 5.65 Å². The first-order chi connectivity index (χ1) is 19.9. The molecule has 2 atom stereocenters. The number of hydrogen-bond donors (Lipinski definition) is 2. The molecule has 0 bridgehead atoms. The van der Waals surface area contributed by atoms with E-state index in [1.165, 1.54) is 10.8 Å². The molecular weight excluding hydrogens is 563 g/mol. The van der Waals surface area contributed by atoms with Crippen LogP contribution in [0.2, 0.25) is 0 Å². The Morgan fingerprint density at radius 2 is 1.83 bits per heavy atom. The van der Waals surface area contributed by atoms with E-state index in [0.717, 1.165) is 19.3 Å². The number of alkyl halides is 5. The number of rotatable bonds is 10. The van der Waals surface area contributed by atoms with Crippen LogP contribution in [0.1, 0.15) is 104 Å². The van der Waals surface area contributed by atoms with E-state index in [-0.39, 0.29) is 43.1 Å². The number of carbonyl (C=O) groups excluding carboxylic acids is 2. The van der Waals surface area contributed by atoms with Gasteiger partial charge in [-0.1, -0.05) is 18.5 Å². The predicted molar refractivity (Wildman–Crippen MR) is 139 cm³/mol. The Bertz CT molecular complexity index is 1410. The molecule has 2 aliphatic rings. The van der Waals surface area contributed by atoms with Gasteiger partial charge in [-0.15, -0.1) is 0 Å². The lowest BCUT2D eigenvalue weighted by Crippen LogP contribution is -2.37. The summed E-state index contributed by atoms with van der Waals surface area (Å²) >= 11 is 0. The van der Waals surface area contributed by atoms with Crippen LogP contribution >= 0.6 is 0 Å². The van der Waals surface area contributed by atoms with Crippen LogP contribution in [0.4, 0.5) is 22.0 Å². The smallest absolute Gasteiger partial charge is 0.364 e. The molecule has 5 rings (SSSR count). The summed E-state index contributed by atoms with van der Waals surface area (Å²) in [5.41, 5.74) is 2.18. The molecule has 3 aromatic heterocycles. The lowest BCUT2D eigenvalue weighted by molar-refractivity contribution is -0.144. The van der Waals surface area contributed by atoms with Gasteiger partial charge >= 0.3 is 6.18 Å². The number of carbonyl (C=O) groups is 2. The molecule has 1 unspecified atom stereocenters. The van der Waals surface area contributed by atoms with Crippen LogP contribution in [0.15, 0.2) is 29.2 Å². The summed E-state index contributed by atoms with van der Waals surface area (Å²) in [6, 6.07) is 0.504. The second-order valence-corrected chi connectivity index (χ2v) is 11.3. The molecule has 228 valence electrons. The fourth-order valence-electron chi connectivity index (χ4n) is 5.72. The monoisotopic (exact) mass is 596 g/mol. The van der Waals surface area contributed by atoms with Crippen molar-refractivity contribution in [2.24, 2.45) is 11.8 Å². The van der Waals surface area contributed by atoms with Crippen molar-refractivity contribution in [3.63, 3.8) is 0 Å². The minimum absolute atomic E-state index is 0.0609. The van der Waals surface area contributed by atoms with E-state index in [0.29, 0.717) is 29.0 Å². The molecule has 0 aliphatic heterocycles. The third-order valence-corrected chi connectivity index (χ3v) is 8.35. The normalized spacial score (nSPS) is 19.3. The molecule has 3 heterocycles. The van der Waals surface area contributed by atoms with E-state index in [1.54, 1.807) is 18.5 Å². The summed E-state index contributed by atoms with van der Waals surface area (Å²) in [5, 5.41) is 14.0. The number of fused-ring (bicyclic) bond motifs is 1. The van der Waals surface area contributed by atoms with Crippen LogP contribution < -0.4 is 10.6 Å². The van der Waals surface area contributed by atoms with Gasteiger partial charge in [0.25, 0.3) is 5.91 Å². The van der Waals surface area contributed by atoms with Crippen molar-refractivity contribution < 1.29 is 36.1 Å². The summed E-state index contributed by atoms with van der Waals surface area (Å²) in [6.07, 6.45) is 0.956. The van der Waals surface area contributed by atoms with Crippen LogP contribution in [0.5, 0.6) is 0 Å². The van der Waals surface area contributed by atoms with Crippen molar-refractivity contribution in [2.45, 2.75) is 95.3 Å². The van der Waals surface area contributed by atoms with Crippen LogP contribution in [0.3, 0.4) is 0 Å². The van der Waals surface area contributed by atoms with E-state index in [4.69, 9.17) is 9.51 Å². The number of nitrogens with zero attached hydrogens (tertiary/aromatic N) is 4. The van der Waals surface area contributed by atoms with Gasteiger partial charge in [0.05, 0.1) is 42.3 Å². The number of hydrogen-bond acceptors (Lipinski definition) is 6. The van der Waals surface area contributed by atoms with Crippen molar-refractivity contribution in [3.05, 3.63) is 47.2 Å². The molecule has 0 spiro atoms. The Hall–Kier alpha value is -3.58. The summed E-state index contributed by atoms with van der Waals surface area (Å²) in [6.45, 7) is 1.83. The van der Waals surface area contributed by atoms with Gasteiger partial charge in [-0.25, -0.2) is 18.3 Å². The van der Waals surface area contributed by atoms with Gasteiger partial charge < -0.3 is 15.2 Å². The number of nitrogens with one attached hydrogen (secondary N) is 2. The van der Waals surface area contributed by atoms with Gasteiger partial charge in [0.2, 0.25) is 11.8 Å². The van der Waals surface area contributed by atoms with Gasteiger partial charge in [0.1, 0.15) is 11.8 Å². The van der Waals surface area contributed by atoms with Crippen LogP contribution in [-0.2, 0) is 11.2 Å². The molecule has 3 aromatic rings. The Morgan fingerprint density at radius 1 is 1.12 bits per heavy atom. The molecular formula is C28H33F5N6O3. The Balaban J connectivity index is 1.41. The fraction of sp³-hybridized carbons (Fsp3) is 0.607. The van der Waals surface area contributed by atoms with E-state index in [9.17, 15) is 31.5 Å². The first-order valence-corrected chi connectivity index (χ1v) is 14.3. The molecule has 0 aromatic carbocycles. The Labute approximate surface area is 238 Å². The van der Waals surface area contributed by atoms with Crippen molar-refractivity contribution in [1.82, 2.24) is 30.4 Å². The first-order valence-electron chi connectivity index (χ1n) is 14.3. The number of aromatic nitrogens is 4.